The zero-order valence-electron chi connectivity index (χ0n) is 3.22. The smallest absolute Gasteiger partial charge is 0 e. The second-order valence-corrected chi connectivity index (χ2v) is 0.385. The summed E-state index contributed by atoms with van der Waals surface area (Å²) in [7, 11) is 0. The zero-order chi connectivity index (χ0) is 3.41. The van der Waals surface area contributed by atoms with Gasteiger partial charge in [-0.05, 0) is 0 Å². The van der Waals surface area contributed by atoms with Gasteiger partial charge in [-0.2, -0.15) is 0 Å². The standard InChI is InChI=1S/C4H4.Ce.ClH/c1-3-4-2;;/h1-4H;;1H/q-2;;. The first kappa shape index (κ1) is 15.7. The first-order chi connectivity index (χ1) is 1.91. The maximum Gasteiger partial charge on any atom is 0 e. The topological polar surface area (TPSA) is 0 Å². The van der Waals surface area contributed by atoms with Gasteiger partial charge >= 0.3 is 0 Å². The molecule has 0 radical (unpaired) electrons. The number of halogens is 1. The summed E-state index contributed by atoms with van der Waals surface area (Å²) in [6, 6.07) is 0. The number of allylic oxidation sites excluding steroid dienone is 2. The van der Waals surface area contributed by atoms with Crippen LogP contribution in [0.4, 0.5) is 0 Å². The molecule has 0 aromatic rings. The molecule has 0 unspecified atom stereocenters. The van der Waals surface area contributed by atoms with E-state index in [9.17, 15) is 0 Å². The molecule has 6 heavy (non-hydrogen) atoms. The van der Waals surface area contributed by atoms with Gasteiger partial charge in [0.05, 0.1) is 0 Å². The molecule has 0 aromatic heterocycles. The first-order valence-corrected chi connectivity index (χ1v) is 1.00. The molecule has 0 rings (SSSR count). The Balaban J connectivity index is -0.0000000450. The molecule has 0 heterocycles. The van der Waals surface area contributed by atoms with E-state index >= 15 is 0 Å². The van der Waals surface area contributed by atoms with E-state index in [1.807, 2.05) is 0 Å². The Hall–Kier alpha value is 1.15. The van der Waals surface area contributed by atoms with Crippen LogP contribution in [-0.2, 0) is 0 Å². The quantitative estimate of drug-likeness (QED) is 0.470. The third-order valence-electron chi connectivity index (χ3n) is 0.111. The summed E-state index contributed by atoms with van der Waals surface area (Å²) >= 11 is 0. The molecule has 34 valence electrons. The van der Waals surface area contributed by atoms with Crippen LogP contribution in [0.5, 0.6) is 0 Å². The second-order valence-electron chi connectivity index (χ2n) is 0.385. The van der Waals surface area contributed by atoms with Gasteiger partial charge < -0.3 is 25.3 Å². The van der Waals surface area contributed by atoms with Gasteiger partial charge in [0.2, 0.25) is 0 Å². The Kier molecular flexibility index (Phi) is 43.0. The van der Waals surface area contributed by atoms with Crippen molar-refractivity contribution in [3.63, 3.8) is 0 Å². The molecule has 0 atom stereocenters. The van der Waals surface area contributed by atoms with Crippen LogP contribution in [0, 0.1) is 54.9 Å². The largest absolute Gasteiger partial charge is 0.394 e. The molecule has 2 heteroatoms. The van der Waals surface area contributed by atoms with E-state index in [0.29, 0.717) is 0 Å². The molecule has 0 aromatic carbocycles. The monoisotopic (exact) mass is 228 g/mol. The Morgan fingerprint density at radius 2 is 1.17 bits per heavy atom. The van der Waals surface area contributed by atoms with Gasteiger partial charge in [-0.15, -0.1) is 12.4 Å². The van der Waals surface area contributed by atoms with Gasteiger partial charge in [-0.3, -0.25) is 0 Å². The summed E-state index contributed by atoms with van der Waals surface area (Å²) in [4.78, 5) is 0. The van der Waals surface area contributed by atoms with Crippen LogP contribution >= 0.6 is 12.4 Å². The predicted octanol–water partition coefficient (Wildman–Crippen LogP) is 1.39. The van der Waals surface area contributed by atoms with Crippen LogP contribution in [0.3, 0.4) is 0 Å². The Morgan fingerprint density at radius 3 is 1.17 bits per heavy atom. The van der Waals surface area contributed by atoms with Gasteiger partial charge in [-0.1, -0.05) is 0 Å². The number of hydrogen-bond donors (Lipinski definition) is 0. The first-order valence-electron chi connectivity index (χ1n) is 1.00. The predicted molar refractivity (Wildman–Crippen MR) is 25.0 cm³/mol. The van der Waals surface area contributed by atoms with Gasteiger partial charge in [0.25, 0.3) is 0 Å². The van der Waals surface area contributed by atoms with Crippen molar-refractivity contribution in [1.29, 1.82) is 0 Å². The third kappa shape index (κ3) is 19.2. The fourth-order valence-corrected chi connectivity index (χ4v) is 0. The minimum absolute atomic E-state index is 0. The van der Waals surface area contributed by atoms with Gasteiger partial charge in [-0.25, -0.2) is 0 Å². The van der Waals surface area contributed by atoms with Crippen molar-refractivity contribution in [2.45, 2.75) is 0 Å². The van der Waals surface area contributed by atoms with Crippen LogP contribution in [0.2, 0.25) is 0 Å². The van der Waals surface area contributed by atoms with E-state index in [1.165, 1.54) is 12.2 Å². The normalized spacial score (nSPS) is 3.33. The van der Waals surface area contributed by atoms with Crippen molar-refractivity contribution in [1.82, 2.24) is 0 Å². The van der Waals surface area contributed by atoms with Crippen molar-refractivity contribution < 1.29 is 41.7 Å². The van der Waals surface area contributed by atoms with Crippen molar-refractivity contribution in [3.05, 3.63) is 25.3 Å². The average molecular weight is 229 g/mol. The summed E-state index contributed by atoms with van der Waals surface area (Å²) in [6.07, 6.45) is 2.56. The van der Waals surface area contributed by atoms with E-state index in [1.54, 1.807) is 0 Å². The SMILES string of the molecule is Cl.[CH-]=CC=[CH-].[Ce]. The van der Waals surface area contributed by atoms with Crippen LogP contribution in [0.25, 0.3) is 0 Å². The summed E-state index contributed by atoms with van der Waals surface area (Å²) in [6.45, 7) is 9.44. The minimum atomic E-state index is 0. The zero-order valence-corrected chi connectivity index (χ0v) is 7.17. The molecule has 0 aliphatic carbocycles. The molecule has 0 fully saturated rings. The molecule has 0 aliphatic rings. The molecule has 0 N–H and O–H groups in total. The van der Waals surface area contributed by atoms with E-state index < -0.39 is 0 Å². The van der Waals surface area contributed by atoms with E-state index in [2.05, 4.69) is 0 Å². The number of hydrogen-bond acceptors (Lipinski definition) is 0. The molecule has 0 nitrogen and oxygen atoms in total. The van der Waals surface area contributed by atoms with Crippen LogP contribution < -0.4 is 0 Å². The van der Waals surface area contributed by atoms with E-state index in [0.717, 1.165) is 0 Å². The van der Waals surface area contributed by atoms with Crippen LogP contribution in [-0.4, -0.2) is 0 Å². The Morgan fingerprint density at radius 1 is 1.00 bits per heavy atom. The summed E-state index contributed by atoms with van der Waals surface area (Å²) in [5, 5.41) is 0. The third-order valence-corrected chi connectivity index (χ3v) is 0.111. The summed E-state index contributed by atoms with van der Waals surface area (Å²) in [5.41, 5.74) is 0. The maximum absolute atomic E-state index is 4.72. The van der Waals surface area contributed by atoms with Crippen molar-refractivity contribution >= 4 is 12.4 Å². The van der Waals surface area contributed by atoms with Crippen LogP contribution in [0.15, 0.2) is 12.2 Å². The molecule has 0 saturated carbocycles. The molecule has 0 bridgehead atoms. The van der Waals surface area contributed by atoms with Crippen LogP contribution in [0.1, 0.15) is 0 Å². The molecular formula is C4H5CeCl-2. The molecule has 0 saturated heterocycles. The Labute approximate surface area is 78.5 Å². The van der Waals surface area contributed by atoms with Gasteiger partial charge in [0, 0.05) is 41.7 Å². The van der Waals surface area contributed by atoms with Crippen molar-refractivity contribution in [2.24, 2.45) is 0 Å². The fraction of sp³-hybridized carbons (Fsp3) is 0. The van der Waals surface area contributed by atoms with Gasteiger partial charge in [0.1, 0.15) is 0 Å². The van der Waals surface area contributed by atoms with E-state index in [4.69, 9.17) is 13.2 Å². The van der Waals surface area contributed by atoms with Gasteiger partial charge in [0.15, 0.2) is 0 Å². The fourth-order valence-electron chi connectivity index (χ4n) is 0. The molecule has 0 amide bonds. The number of rotatable bonds is 1. The molecular weight excluding hydrogens is 224 g/mol. The maximum atomic E-state index is 4.72. The average Bonchev–Trinajstić information content (AvgIpc) is 1.37. The van der Waals surface area contributed by atoms with Crippen molar-refractivity contribution in [3.8, 4) is 0 Å². The van der Waals surface area contributed by atoms with Crippen molar-refractivity contribution in [2.75, 3.05) is 0 Å². The summed E-state index contributed by atoms with van der Waals surface area (Å²) < 4.78 is 0. The summed E-state index contributed by atoms with van der Waals surface area (Å²) in [5.74, 6) is 0. The second kappa shape index (κ2) is 16.4. The van der Waals surface area contributed by atoms with E-state index in [-0.39, 0.29) is 54.2 Å². The Bertz CT molecular complexity index is 28.5. The molecule has 0 spiro atoms. The minimum Gasteiger partial charge on any atom is -0.394 e. The molecule has 0 aliphatic heterocycles.